The Labute approximate surface area is 133 Å². The molecule has 1 N–H and O–H groups in total. The van der Waals surface area contributed by atoms with Crippen LogP contribution in [-0.2, 0) is 4.79 Å². The monoisotopic (exact) mass is 346 g/mol. The SMILES string of the molecule is N#CCNC(=O)C1CC2(CCC1c1ccccc1Br)CC2. The Bertz CT molecular complexity index is 589. The zero-order chi connectivity index (χ0) is 14.9. The number of nitriles is 1. The van der Waals surface area contributed by atoms with Crippen molar-refractivity contribution in [2.75, 3.05) is 6.54 Å². The maximum atomic E-state index is 12.5. The molecule has 0 heterocycles. The van der Waals surface area contributed by atoms with Gasteiger partial charge in [-0.15, -0.1) is 0 Å². The van der Waals surface area contributed by atoms with Crippen LogP contribution in [0.3, 0.4) is 0 Å². The number of hydrogen-bond donors (Lipinski definition) is 1. The van der Waals surface area contributed by atoms with Crippen molar-refractivity contribution < 1.29 is 4.79 Å². The zero-order valence-corrected chi connectivity index (χ0v) is 13.5. The first-order valence-corrected chi connectivity index (χ1v) is 8.34. The standard InChI is InChI=1S/C17H19BrN2O/c18-15-4-2-1-3-13(15)12-5-6-17(7-8-17)11-14(12)16(21)20-10-9-19/h1-4,12,14H,5-8,10-11H2,(H,20,21). The molecule has 4 heteroatoms. The van der Waals surface area contributed by atoms with Gasteiger partial charge in [-0.1, -0.05) is 34.1 Å². The molecule has 1 spiro atoms. The minimum atomic E-state index is -0.00620. The van der Waals surface area contributed by atoms with Gasteiger partial charge < -0.3 is 5.32 Å². The molecule has 3 rings (SSSR count). The molecule has 2 aliphatic carbocycles. The summed E-state index contributed by atoms with van der Waals surface area (Å²) in [7, 11) is 0. The lowest BCUT2D eigenvalue weighted by atomic mass is 9.69. The third kappa shape index (κ3) is 2.98. The van der Waals surface area contributed by atoms with Crippen LogP contribution in [0.5, 0.6) is 0 Å². The molecule has 1 aromatic rings. The molecule has 21 heavy (non-hydrogen) atoms. The Morgan fingerprint density at radius 3 is 2.81 bits per heavy atom. The van der Waals surface area contributed by atoms with Gasteiger partial charge >= 0.3 is 0 Å². The van der Waals surface area contributed by atoms with E-state index >= 15 is 0 Å². The molecule has 2 saturated carbocycles. The number of rotatable bonds is 3. The highest BCUT2D eigenvalue weighted by Gasteiger charge is 2.50. The minimum absolute atomic E-state index is 0.00620. The van der Waals surface area contributed by atoms with E-state index in [1.54, 1.807) is 0 Å². The molecule has 0 bridgehead atoms. The highest BCUT2D eigenvalue weighted by atomic mass is 79.9. The molecule has 2 fully saturated rings. The van der Waals surface area contributed by atoms with E-state index in [1.807, 2.05) is 24.3 Å². The van der Waals surface area contributed by atoms with Crippen LogP contribution < -0.4 is 5.32 Å². The van der Waals surface area contributed by atoms with E-state index in [0.717, 1.165) is 17.3 Å². The van der Waals surface area contributed by atoms with E-state index in [9.17, 15) is 4.79 Å². The fourth-order valence-electron chi connectivity index (χ4n) is 3.69. The number of nitrogens with one attached hydrogen (secondary N) is 1. The van der Waals surface area contributed by atoms with Crippen LogP contribution in [0.15, 0.2) is 28.7 Å². The summed E-state index contributed by atoms with van der Waals surface area (Å²) < 4.78 is 1.08. The van der Waals surface area contributed by atoms with Crippen molar-refractivity contribution in [2.45, 2.75) is 38.0 Å². The summed E-state index contributed by atoms with van der Waals surface area (Å²) in [6, 6.07) is 10.2. The van der Waals surface area contributed by atoms with Crippen molar-refractivity contribution in [1.29, 1.82) is 5.26 Å². The van der Waals surface area contributed by atoms with Crippen LogP contribution >= 0.6 is 15.9 Å². The Balaban J connectivity index is 1.85. The summed E-state index contributed by atoms with van der Waals surface area (Å²) in [6.07, 6.45) is 5.78. The van der Waals surface area contributed by atoms with E-state index in [1.165, 1.54) is 24.8 Å². The van der Waals surface area contributed by atoms with E-state index in [0.29, 0.717) is 5.41 Å². The number of nitrogens with zero attached hydrogens (tertiary/aromatic N) is 1. The Hall–Kier alpha value is -1.34. The fraction of sp³-hybridized carbons (Fsp3) is 0.529. The quantitative estimate of drug-likeness (QED) is 0.847. The number of benzene rings is 1. The summed E-state index contributed by atoms with van der Waals surface area (Å²) in [6.45, 7) is 0.102. The smallest absolute Gasteiger partial charge is 0.224 e. The number of carbonyl (C=O) groups excluding carboxylic acids is 1. The Morgan fingerprint density at radius 1 is 1.38 bits per heavy atom. The predicted octanol–water partition coefficient (Wildman–Crippen LogP) is 3.75. The molecular weight excluding hydrogens is 328 g/mol. The molecule has 0 saturated heterocycles. The lowest BCUT2D eigenvalue weighted by Gasteiger charge is -2.36. The second-order valence-electron chi connectivity index (χ2n) is 6.35. The van der Waals surface area contributed by atoms with Gasteiger partial charge in [-0.05, 0) is 55.1 Å². The van der Waals surface area contributed by atoms with Crippen LogP contribution in [0.2, 0.25) is 0 Å². The van der Waals surface area contributed by atoms with Gasteiger partial charge in [0.05, 0.1) is 6.07 Å². The van der Waals surface area contributed by atoms with Crippen LogP contribution in [-0.4, -0.2) is 12.5 Å². The second-order valence-corrected chi connectivity index (χ2v) is 7.21. The molecule has 0 aliphatic heterocycles. The van der Waals surface area contributed by atoms with Crippen molar-refractivity contribution in [3.05, 3.63) is 34.3 Å². The van der Waals surface area contributed by atoms with Gasteiger partial charge in [0.2, 0.25) is 5.91 Å². The number of carbonyl (C=O) groups is 1. The molecule has 3 nitrogen and oxygen atoms in total. The van der Waals surface area contributed by atoms with E-state index in [-0.39, 0.29) is 24.3 Å². The molecule has 2 aliphatic rings. The summed E-state index contributed by atoms with van der Waals surface area (Å²) in [5.74, 6) is 0.294. The van der Waals surface area contributed by atoms with E-state index < -0.39 is 0 Å². The average molecular weight is 347 g/mol. The summed E-state index contributed by atoms with van der Waals surface area (Å²) >= 11 is 3.62. The van der Waals surface area contributed by atoms with E-state index in [4.69, 9.17) is 5.26 Å². The third-order valence-corrected chi connectivity index (χ3v) is 5.79. The van der Waals surface area contributed by atoms with Crippen molar-refractivity contribution in [3.8, 4) is 6.07 Å². The molecule has 1 amide bonds. The Kier molecular flexibility index (Phi) is 4.03. The van der Waals surface area contributed by atoms with Crippen molar-refractivity contribution in [2.24, 2.45) is 11.3 Å². The first kappa shape index (κ1) is 14.6. The average Bonchev–Trinajstić information content (AvgIpc) is 3.25. The molecule has 0 aromatic heterocycles. The molecule has 2 unspecified atom stereocenters. The van der Waals surface area contributed by atoms with Crippen molar-refractivity contribution >= 4 is 21.8 Å². The zero-order valence-electron chi connectivity index (χ0n) is 11.9. The molecule has 2 atom stereocenters. The molecular formula is C17H19BrN2O. The highest BCUT2D eigenvalue weighted by Crippen LogP contribution is 2.60. The van der Waals surface area contributed by atoms with Gasteiger partial charge in [-0.2, -0.15) is 5.26 Å². The van der Waals surface area contributed by atoms with Crippen LogP contribution in [0.25, 0.3) is 0 Å². The fourth-order valence-corrected chi connectivity index (χ4v) is 4.26. The topological polar surface area (TPSA) is 52.9 Å². The molecule has 1 aromatic carbocycles. The third-order valence-electron chi connectivity index (χ3n) is 5.06. The largest absolute Gasteiger partial charge is 0.343 e. The number of halogens is 1. The van der Waals surface area contributed by atoms with Gasteiger partial charge in [-0.25, -0.2) is 0 Å². The van der Waals surface area contributed by atoms with Crippen LogP contribution in [0, 0.1) is 22.7 Å². The summed E-state index contributed by atoms with van der Waals surface area (Å²) in [5.41, 5.74) is 1.65. The normalized spacial score (nSPS) is 26.1. The molecule has 0 radical (unpaired) electrons. The lowest BCUT2D eigenvalue weighted by molar-refractivity contribution is -0.127. The maximum Gasteiger partial charge on any atom is 0.224 e. The lowest BCUT2D eigenvalue weighted by Crippen LogP contribution is -2.38. The van der Waals surface area contributed by atoms with Crippen molar-refractivity contribution in [3.63, 3.8) is 0 Å². The van der Waals surface area contributed by atoms with Gasteiger partial charge in [0.1, 0.15) is 6.54 Å². The van der Waals surface area contributed by atoms with Crippen LogP contribution in [0.1, 0.15) is 43.6 Å². The first-order valence-electron chi connectivity index (χ1n) is 7.54. The Morgan fingerprint density at radius 2 is 2.14 bits per heavy atom. The van der Waals surface area contributed by atoms with Gasteiger partial charge in [0, 0.05) is 10.4 Å². The number of hydrogen-bond acceptors (Lipinski definition) is 2. The van der Waals surface area contributed by atoms with E-state index in [2.05, 4.69) is 27.3 Å². The minimum Gasteiger partial charge on any atom is -0.343 e. The summed E-state index contributed by atoms with van der Waals surface area (Å²) in [4.78, 5) is 12.5. The first-order chi connectivity index (χ1) is 10.2. The van der Waals surface area contributed by atoms with Crippen LogP contribution in [0.4, 0.5) is 0 Å². The highest BCUT2D eigenvalue weighted by molar-refractivity contribution is 9.10. The number of amides is 1. The van der Waals surface area contributed by atoms with Crippen molar-refractivity contribution in [1.82, 2.24) is 5.32 Å². The van der Waals surface area contributed by atoms with Gasteiger partial charge in [0.25, 0.3) is 0 Å². The summed E-state index contributed by atoms with van der Waals surface area (Å²) in [5, 5.41) is 11.5. The van der Waals surface area contributed by atoms with Gasteiger partial charge in [0.15, 0.2) is 0 Å². The molecule has 110 valence electrons. The maximum absolute atomic E-state index is 12.5. The van der Waals surface area contributed by atoms with Gasteiger partial charge in [-0.3, -0.25) is 4.79 Å². The second kappa shape index (κ2) is 5.81. The predicted molar refractivity (Wildman–Crippen MR) is 84.5 cm³/mol.